The van der Waals surface area contributed by atoms with Crippen LogP contribution < -0.4 is 4.74 Å². The molecule has 0 N–H and O–H groups in total. The number of fused-ring (bicyclic) bond motifs is 3. The van der Waals surface area contributed by atoms with Crippen LogP contribution in [0.15, 0.2) is 24.3 Å². The number of carbonyl (C=O) groups excluding carboxylic acids is 2. The highest BCUT2D eigenvalue weighted by Gasteiger charge is 2.45. The number of benzene rings is 1. The summed E-state index contributed by atoms with van der Waals surface area (Å²) >= 11 is 0. The third-order valence-electron chi connectivity index (χ3n) is 6.36. The van der Waals surface area contributed by atoms with Gasteiger partial charge in [-0.25, -0.2) is 5.06 Å². The van der Waals surface area contributed by atoms with Gasteiger partial charge >= 0.3 is 5.97 Å². The zero-order valence-corrected chi connectivity index (χ0v) is 19.8. The first-order chi connectivity index (χ1) is 14.0. The summed E-state index contributed by atoms with van der Waals surface area (Å²) in [6.07, 6.45) is -0.451. The molecule has 0 spiro atoms. The van der Waals surface area contributed by atoms with Crippen LogP contribution in [0, 0.1) is 5.92 Å². The van der Waals surface area contributed by atoms with Crippen molar-refractivity contribution < 1.29 is 28.3 Å². The van der Waals surface area contributed by atoms with E-state index in [4.69, 9.17) is 18.7 Å². The number of rotatable bonds is 6. The number of hydrogen-bond donors (Lipinski definition) is 0. The van der Waals surface area contributed by atoms with Gasteiger partial charge in [0.2, 0.25) is 5.91 Å². The number of para-hydroxylation sites is 1. The summed E-state index contributed by atoms with van der Waals surface area (Å²) in [6, 6.07) is 7.55. The van der Waals surface area contributed by atoms with Crippen molar-refractivity contribution in [1.82, 2.24) is 5.06 Å². The average molecular weight is 436 g/mol. The zero-order chi connectivity index (χ0) is 22.1. The maximum absolute atomic E-state index is 13.3. The SMILES string of the molecule is COC(=O)C[C@H](CC(=O)N1OC[C@@H]2COc3ccccc3[C@@H]21)O[Si](C)(C)C(C)(C)C. The van der Waals surface area contributed by atoms with Crippen LogP contribution in [-0.4, -0.2) is 51.7 Å². The number of methoxy groups -OCH3 is 1. The molecule has 0 aromatic heterocycles. The van der Waals surface area contributed by atoms with E-state index in [1.807, 2.05) is 24.3 Å². The number of amides is 1. The van der Waals surface area contributed by atoms with Crippen LogP contribution in [0.4, 0.5) is 0 Å². The monoisotopic (exact) mass is 435 g/mol. The smallest absolute Gasteiger partial charge is 0.308 e. The summed E-state index contributed by atoms with van der Waals surface area (Å²) in [7, 11) is -0.838. The third kappa shape index (κ3) is 4.71. The number of hydroxylamine groups is 2. The molecule has 1 aromatic carbocycles. The van der Waals surface area contributed by atoms with Crippen LogP contribution in [0.2, 0.25) is 18.1 Å². The van der Waals surface area contributed by atoms with Gasteiger partial charge in [0.1, 0.15) is 5.75 Å². The second kappa shape index (κ2) is 8.68. The minimum Gasteiger partial charge on any atom is -0.493 e. The number of ether oxygens (including phenoxy) is 2. The van der Waals surface area contributed by atoms with Crippen molar-refractivity contribution in [3.8, 4) is 5.75 Å². The Hall–Kier alpha value is -1.90. The molecule has 0 aliphatic carbocycles. The Kier molecular flexibility index (Phi) is 6.59. The van der Waals surface area contributed by atoms with Gasteiger partial charge in [-0.1, -0.05) is 39.0 Å². The lowest BCUT2D eigenvalue weighted by atomic mass is 9.91. The molecule has 30 heavy (non-hydrogen) atoms. The average Bonchev–Trinajstić information content (AvgIpc) is 3.11. The molecule has 1 amide bonds. The van der Waals surface area contributed by atoms with Gasteiger partial charge in [0.25, 0.3) is 0 Å². The van der Waals surface area contributed by atoms with Crippen molar-refractivity contribution in [1.29, 1.82) is 0 Å². The Bertz CT molecular complexity index is 790. The van der Waals surface area contributed by atoms with Gasteiger partial charge in [0.15, 0.2) is 8.32 Å². The molecule has 1 saturated heterocycles. The van der Waals surface area contributed by atoms with E-state index in [1.54, 1.807) is 0 Å². The Morgan fingerprint density at radius 1 is 1.20 bits per heavy atom. The molecule has 0 unspecified atom stereocenters. The van der Waals surface area contributed by atoms with Gasteiger partial charge in [-0.2, -0.15) is 0 Å². The quantitative estimate of drug-likeness (QED) is 0.499. The summed E-state index contributed by atoms with van der Waals surface area (Å²) in [4.78, 5) is 31.1. The Morgan fingerprint density at radius 3 is 2.57 bits per heavy atom. The number of esters is 1. The second-order valence-electron chi connectivity index (χ2n) is 9.55. The molecule has 1 fully saturated rings. The first-order valence-electron chi connectivity index (χ1n) is 10.4. The minimum atomic E-state index is -2.19. The standard InChI is InChI=1S/C22H33NO6Si/c1-22(2,3)30(5,6)29-16(12-20(25)26-4)11-19(24)23-21-15(14-28-23)13-27-18-10-8-7-9-17(18)21/h7-10,15-16,21H,11-14H2,1-6H3/t15-,16-,21+/m0/s1. The lowest BCUT2D eigenvalue weighted by Crippen LogP contribution is -2.46. The van der Waals surface area contributed by atoms with Crippen LogP contribution in [0.1, 0.15) is 45.2 Å². The van der Waals surface area contributed by atoms with E-state index < -0.39 is 14.4 Å². The molecule has 1 aromatic rings. The fraction of sp³-hybridized carbons (Fsp3) is 0.636. The molecule has 3 atom stereocenters. The van der Waals surface area contributed by atoms with Crippen LogP contribution in [0.3, 0.4) is 0 Å². The Morgan fingerprint density at radius 2 is 1.90 bits per heavy atom. The molecule has 3 rings (SSSR count). The van der Waals surface area contributed by atoms with Crippen LogP contribution >= 0.6 is 0 Å². The van der Waals surface area contributed by atoms with Gasteiger partial charge in [-0.3, -0.25) is 14.4 Å². The first-order valence-corrected chi connectivity index (χ1v) is 13.4. The van der Waals surface area contributed by atoms with Crippen LogP contribution in [-0.2, 0) is 23.6 Å². The number of nitrogens with zero attached hydrogens (tertiary/aromatic N) is 1. The van der Waals surface area contributed by atoms with Crippen molar-refractivity contribution in [3.63, 3.8) is 0 Å². The number of hydrogen-bond acceptors (Lipinski definition) is 6. The lowest BCUT2D eigenvalue weighted by molar-refractivity contribution is -0.179. The minimum absolute atomic E-state index is 0.0381. The summed E-state index contributed by atoms with van der Waals surface area (Å²) < 4.78 is 17.1. The van der Waals surface area contributed by atoms with E-state index >= 15 is 0 Å². The van der Waals surface area contributed by atoms with Gasteiger partial charge in [-0.05, 0) is 24.2 Å². The molecule has 166 valence electrons. The highest BCUT2D eigenvalue weighted by molar-refractivity contribution is 6.74. The molecule has 0 bridgehead atoms. The number of carbonyl (C=O) groups is 2. The summed E-state index contributed by atoms with van der Waals surface area (Å²) in [6.45, 7) is 11.5. The van der Waals surface area contributed by atoms with Crippen molar-refractivity contribution in [2.24, 2.45) is 5.92 Å². The Balaban J connectivity index is 1.78. The normalized spacial score (nSPS) is 22.0. The summed E-state index contributed by atoms with van der Waals surface area (Å²) in [5.74, 6) is 0.296. The molecule has 0 radical (unpaired) electrons. The summed E-state index contributed by atoms with van der Waals surface area (Å²) in [5.41, 5.74) is 0.953. The Labute approximate surface area is 179 Å². The highest BCUT2D eigenvalue weighted by Crippen LogP contribution is 2.44. The predicted molar refractivity (Wildman–Crippen MR) is 114 cm³/mol. The van der Waals surface area contributed by atoms with E-state index in [0.29, 0.717) is 13.2 Å². The largest absolute Gasteiger partial charge is 0.493 e. The van der Waals surface area contributed by atoms with Crippen LogP contribution in [0.5, 0.6) is 5.75 Å². The molecular formula is C22H33NO6Si. The van der Waals surface area contributed by atoms with Crippen LogP contribution in [0.25, 0.3) is 0 Å². The molecule has 7 nitrogen and oxygen atoms in total. The summed E-state index contributed by atoms with van der Waals surface area (Å²) in [5, 5.41) is 1.42. The molecule has 2 aliphatic rings. The molecule has 2 heterocycles. The maximum atomic E-state index is 13.3. The van der Waals surface area contributed by atoms with Gasteiger partial charge in [0.05, 0.1) is 45.3 Å². The van der Waals surface area contributed by atoms with E-state index in [-0.39, 0.29) is 41.7 Å². The molecular weight excluding hydrogens is 402 g/mol. The topological polar surface area (TPSA) is 74.3 Å². The van der Waals surface area contributed by atoms with Crippen molar-refractivity contribution in [3.05, 3.63) is 29.8 Å². The fourth-order valence-corrected chi connectivity index (χ4v) is 5.00. The first kappa shape index (κ1) is 22.8. The van der Waals surface area contributed by atoms with E-state index in [1.165, 1.54) is 12.2 Å². The maximum Gasteiger partial charge on any atom is 0.308 e. The van der Waals surface area contributed by atoms with Crippen molar-refractivity contribution >= 4 is 20.2 Å². The third-order valence-corrected chi connectivity index (χ3v) is 10.9. The van der Waals surface area contributed by atoms with Gasteiger partial charge in [0, 0.05) is 11.5 Å². The highest BCUT2D eigenvalue weighted by atomic mass is 28.4. The molecule has 0 saturated carbocycles. The van der Waals surface area contributed by atoms with Gasteiger partial charge in [-0.15, -0.1) is 0 Å². The van der Waals surface area contributed by atoms with E-state index in [2.05, 4.69) is 33.9 Å². The molecule has 8 heteroatoms. The van der Waals surface area contributed by atoms with Crippen molar-refractivity contribution in [2.75, 3.05) is 20.3 Å². The van der Waals surface area contributed by atoms with E-state index in [0.717, 1.165) is 11.3 Å². The van der Waals surface area contributed by atoms with E-state index in [9.17, 15) is 9.59 Å². The molecule has 2 aliphatic heterocycles. The fourth-order valence-electron chi connectivity index (χ4n) is 3.64. The van der Waals surface area contributed by atoms with Gasteiger partial charge < -0.3 is 13.9 Å². The lowest BCUT2D eigenvalue weighted by Gasteiger charge is -2.39. The predicted octanol–water partition coefficient (Wildman–Crippen LogP) is 3.85. The second-order valence-corrected chi connectivity index (χ2v) is 14.3. The zero-order valence-electron chi connectivity index (χ0n) is 18.8. The van der Waals surface area contributed by atoms with Crippen molar-refractivity contribution in [2.45, 2.75) is 63.9 Å².